The number of amides is 1. The van der Waals surface area contributed by atoms with Gasteiger partial charge in [0.05, 0.1) is 12.2 Å². The highest BCUT2D eigenvalue weighted by molar-refractivity contribution is 5.78. The van der Waals surface area contributed by atoms with Gasteiger partial charge in [0.15, 0.2) is 11.5 Å². The fourth-order valence-corrected chi connectivity index (χ4v) is 3.37. The molecule has 2 aromatic carbocycles. The first-order valence-electron chi connectivity index (χ1n) is 9.06. The molecule has 0 bridgehead atoms. The minimum absolute atomic E-state index is 0.0213. The average Bonchev–Trinajstić information content (AvgIpc) is 3.15. The molecule has 142 valence electrons. The average molecular weight is 371 g/mol. The molecule has 7 heteroatoms. The van der Waals surface area contributed by atoms with Crippen molar-refractivity contribution >= 4 is 11.6 Å². The molecule has 0 atom stereocenters. The molecule has 1 N–H and O–H groups in total. The summed E-state index contributed by atoms with van der Waals surface area (Å²) < 4.78 is 24.5. The Hall–Kier alpha value is -2.80. The van der Waals surface area contributed by atoms with Gasteiger partial charge < -0.3 is 19.7 Å². The van der Waals surface area contributed by atoms with Crippen molar-refractivity contribution in [2.75, 3.05) is 44.4 Å². The standard InChI is InChI=1S/C20H22FN3O3/c21-16-3-1-2-4-17(16)24-9-7-23(8-10-24)13-20(25)22-12-15-5-6-18-19(11-15)27-14-26-18/h1-6,11H,7-10,12-14H2,(H,22,25). The fourth-order valence-electron chi connectivity index (χ4n) is 3.37. The largest absolute Gasteiger partial charge is 0.454 e. The van der Waals surface area contributed by atoms with Crippen molar-refractivity contribution in [2.24, 2.45) is 0 Å². The lowest BCUT2D eigenvalue weighted by Gasteiger charge is -2.35. The quantitative estimate of drug-likeness (QED) is 0.871. The number of hydrogen-bond donors (Lipinski definition) is 1. The first-order valence-corrected chi connectivity index (χ1v) is 9.06. The fraction of sp³-hybridized carbons (Fsp3) is 0.350. The van der Waals surface area contributed by atoms with E-state index in [2.05, 4.69) is 10.2 Å². The van der Waals surface area contributed by atoms with Crippen LogP contribution >= 0.6 is 0 Å². The maximum absolute atomic E-state index is 13.9. The van der Waals surface area contributed by atoms with Crippen LogP contribution in [0.4, 0.5) is 10.1 Å². The molecule has 0 radical (unpaired) electrons. The van der Waals surface area contributed by atoms with E-state index >= 15 is 0 Å². The lowest BCUT2D eigenvalue weighted by Crippen LogP contribution is -2.49. The number of carbonyl (C=O) groups is 1. The summed E-state index contributed by atoms with van der Waals surface area (Å²) in [5, 5.41) is 2.94. The molecule has 0 aliphatic carbocycles. The summed E-state index contributed by atoms with van der Waals surface area (Å²) >= 11 is 0. The van der Waals surface area contributed by atoms with E-state index in [0.29, 0.717) is 37.6 Å². The molecule has 0 spiro atoms. The van der Waals surface area contributed by atoms with Crippen LogP contribution in [0.3, 0.4) is 0 Å². The predicted molar refractivity (Wildman–Crippen MR) is 99.5 cm³/mol. The zero-order valence-electron chi connectivity index (χ0n) is 15.0. The second-order valence-corrected chi connectivity index (χ2v) is 6.68. The summed E-state index contributed by atoms with van der Waals surface area (Å²) in [6.45, 7) is 3.90. The monoisotopic (exact) mass is 371 g/mol. The third-order valence-corrected chi connectivity index (χ3v) is 4.86. The van der Waals surface area contributed by atoms with Gasteiger partial charge in [0.1, 0.15) is 5.82 Å². The van der Waals surface area contributed by atoms with E-state index in [0.717, 1.165) is 24.4 Å². The van der Waals surface area contributed by atoms with Crippen molar-refractivity contribution in [3.63, 3.8) is 0 Å². The maximum atomic E-state index is 13.9. The number of ether oxygens (including phenoxy) is 2. The minimum Gasteiger partial charge on any atom is -0.454 e. The Balaban J connectivity index is 1.23. The normalized spacial score (nSPS) is 16.4. The zero-order valence-corrected chi connectivity index (χ0v) is 15.0. The summed E-state index contributed by atoms with van der Waals surface area (Å²) in [6, 6.07) is 12.5. The van der Waals surface area contributed by atoms with Crippen LogP contribution in [0.5, 0.6) is 11.5 Å². The van der Waals surface area contributed by atoms with Gasteiger partial charge in [-0.3, -0.25) is 9.69 Å². The Morgan fingerprint density at radius 3 is 2.63 bits per heavy atom. The molecule has 0 saturated carbocycles. The highest BCUT2D eigenvalue weighted by Gasteiger charge is 2.21. The van der Waals surface area contributed by atoms with Crippen molar-refractivity contribution in [1.29, 1.82) is 0 Å². The van der Waals surface area contributed by atoms with Crippen molar-refractivity contribution in [1.82, 2.24) is 10.2 Å². The Morgan fingerprint density at radius 2 is 1.81 bits per heavy atom. The second kappa shape index (κ2) is 7.84. The van der Waals surface area contributed by atoms with Gasteiger partial charge in [-0.2, -0.15) is 0 Å². The van der Waals surface area contributed by atoms with Gasteiger partial charge >= 0.3 is 0 Å². The second-order valence-electron chi connectivity index (χ2n) is 6.68. The number of fused-ring (bicyclic) bond motifs is 1. The first kappa shape index (κ1) is 17.6. The Kier molecular flexibility index (Phi) is 5.11. The van der Waals surface area contributed by atoms with E-state index in [1.165, 1.54) is 6.07 Å². The molecule has 0 unspecified atom stereocenters. The van der Waals surface area contributed by atoms with Gasteiger partial charge in [0.2, 0.25) is 12.7 Å². The molecular formula is C20H22FN3O3. The molecule has 4 rings (SSSR count). The molecule has 1 fully saturated rings. The number of carbonyl (C=O) groups excluding carboxylic acids is 1. The third kappa shape index (κ3) is 4.14. The van der Waals surface area contributed by atoms with E-state index in [4.69, 9.17) is 9.47 Å². The molecule has 27 heavy (non-hydrogen) atoms. The summed E-state index contributed by atoms with van der Waals surface area (Å²) in [6.07, 6.45) is 0. The summed E-state index contributed by atoms with van der Waals surface area (Å²) in [5.41, 5.74) is 1.60. The highest BCUT2D eigenvalue weighted by atomic mass is 19.1. The number of halogens is 1. The van der Waals surface area contributed by atoms with Gasteiger partial charge in [0, 0.05) is 32.7 Å². The smallest absolute Gasteiger partial charge is 0.234 e. The lowest BCUT2D eigenvalue weighted by molar-refractivity contribution is -0.122. The van der Waals surface area contributed by atoms with E-state index in [-0.39, 0.29) is 18.5 Å². The van der Waals surface area contributed by atoms with Crippen molar-refractivity contribution in [2.45, 2.75) is 6.54 Å². The summed E-state index contributed by atoms with van der Waals surface area (Å²) in [4.78, 5) is 16.4. The van der Waals surface area contributed by atoms with Crippen LogP contribution in [0, 0.1) is 5.82 Å². The minimum atomic E-state index is -0.201. The number of nitrogens with zero attached hydrogens (tertiary/aromatic N) is 2. The molecule has 2 heterocycles. The Bertz CT molecular complexity index is 822. The number of nitrogens with one attached hydrogen (secondary N) is 1. The van der Waals surface area contributed by atoms with Crippen LogP contribution in [-0.2, 0) is 11.3 Å². The SMILES string of the molecule is O=C(CN1CCN(c2ccccc2F)CC1)NCc1ccc2c(c1)OCO2. The van der Waals surface area contributed by atoms with E-state index < -0.39 is 0 Å². The third-order valence-electron chi connectivity index (χ3n) is 4.86. The first-order chi connectivity index (χ1) is 13.2. The highest BCUT2D eigenvalue weighted by Crippen LogP contribution is 2.32. The van der Waals surface area contributed by atoms with Crippen molar-refractivity contribution in [3.8, 4) is 11.5 Å². The van der Waals surface area contributed by atoms with Crippen LogP contribution in [0.25, 0.3) is 0 Å². The predicted octanol–water partition coefficient (Wildman–Crippen LogP) is 1.99. The van der Waals surface area contributed by atoms with E-state index in [9.17, 15) is 9.18 Å². The summed E-state index contributed by atoms with van der Waals surface area (Å²) in [7, 11) is 0. The topological polar surface area (TPSA) is 54.0 Å². The van der Waals surface area contributed by atoms with Crippen LogP contribution in [0.15, 0.2) is 42.5 Å². The maximum Gasteiger partial charge on any atom is 0.234 e. The van der Waals surface area contributed by atoms with Gasteiger partial charge in [-0.1, -0.05) is 18.2 Å². The Morgan fingerprint density at radius 1 is 1.04 bits per heavy atom. The van der Waals surface area contributed by atoms with Gasteiger partial charge in [-0.25, -0.2) is 4.39 Å². The number of para-hydroxylation sites is 1. The number of hydrogen-bond acceptors (Lipinski definition) is 5. The van der Waals surface area contributed by atoms with Gasteiger partial charge in [-0.15, -0.1) is 0 Å². The molecule has 1 saturated heterocycles. The Labute approximate surface area is 157 Å². The molecule has 2 aliphatic heterocycles. The van der Waals surface area contributed by atoms with Crippen molar-refractivity contribution in [3.05, 3.63) is 53.8 Å². The van der Waals surface area contributed by atoms with Crippen LogP contribution in [0.2, 0.25) is 0 Å². The van der Waals surface area contributed by atoms with Gasteiger partial charge in [0.25, 0.3) is 0 Å². The summed E-state index contributed by atoms with van der Waals surface area (Å²) in [5.74, 6) is 1.23. The zero-order chi connectivity index (χ0) is 18.6. The number of piperazine rings is 1. The van der Waals surface area contributed by atoms with Crippen LogP contribution in [0.1, 0.15) is 5.56 Å². The number of benzene rings is 2. The lowest BCUT2D eigenvalue weighted by atomic mass is 10.2. The molecule has 2 aliphatic rings. The van der Waals surface area contributed by atoms with E-state index in [1.54, 1.807) is 12.1 Å². The molecule has 6 nitrogen and oxygen atoms in total. The number of anilines is 1. The molecule has 1 amide bonds. The van der Waals surface area contributed by atoms with Crippen molar-refractivity contribution < 1.29 is 18.7 Å². The molecule has 0 aromatic heterocycles. The van der Waals surface area contributed by atoms with Crippen LogP contribution < -0.4 is 19.7 Å². The molecular weight excluding hydrogens is 349 g/mol. The van der Waals surface area contributed by atoms with Gasteiger partial charge in [-0.05, 0) is 29.8 Å². The van der Waals surface area contributed by atoms with Crippen LogP contribution in [-0.4, -0.2) is 50.3 Å². The van der Waals surface area contributed by atoms with E-state index in [1.807, 2.05) is 29.2 Å². The molecule has 2 aromatic rings. The number of rotatable bonds is 5.